The van der Waals surface area contributed by atoms with Crippen molar-refractivity contribution in [2.24, 2.45) is 0 Å². The van der Waals surface area contributed by atoms with E-state index < -0.39 is 15.9 Å². The molecule has 6 aromatic rings. The summed E-state index contributed by atoms with van der Waals surface area (Å²) in [6, 6.07) is 23.7. The van der Waals surface area contributed by atoms with E-state index in [0.717, 1.165) is 39.5 Å². The maximum absolute atomic E-state index is 13.8. The quantitative estimate of drug-likeness (QED) is 0.0911. The summed E-state index contributed by atoms with van der Waals surface area (Å²) in [5, 5.41) is 9.87. The molecule has 4 aromatic carbocycles. The Labute approximate surface area is 332 Å². The van der Waals surface area contributed by atoms with E-state index in [0.29, 0.717) is 52.7 Å². The van der Waals surface area contributed by atoms with Gasteiger partial charge in [0.2, 0.25) is 16.0 Å². The van der Waals surface area contributed by atoms with Crippen LogP contribution in [0.1, 0.15) is 58.2 Å². The summed E-state index contributed by atoms with van der Waals surface area (Å²) >= 11 is 0. The number of aryl methyl sites for hydroxylation is 1. The first-order valence-corrected chi connectivity index (χ1v) is 20.0. The summed E-state index contributed by atoms with van der Waals surface area (Å²) in [5.41, 5.74) is 6.86. The van der Waals surface area contributed by atoms with Crippen molar-refractivity contribution < 1.29 is 27.5 Å². The van der Waals surface area contributed by atoms with Gasteiger partial charge in [-0.05, 0) is 101 Å². The number of aromatic nitrogens is 3. The number of nitrogens with one attached hydrogen (secondary N) is 4. The molecule has 14 heteroatoms. The summed E-state index contributed by atoms with van der Waals surface area (Å²) in [5.74, 6) is 0.329. The van der Waals surface area contributed by atoms with Crippen LogP contribution in [0.15, 0.2) is 97.5 Å². The topological polar surface area (TPSA) is 174 Å². The van der Waals surface area contributed by atoms with Crippen LogP contribution >= 0.6 is 0 Å². The van der Waals surface area contributed by atoms with E-state index in [4.69, 9.17) is 14.5 Å². The number of hydrogen-bond donors (Lipinski definition) is 4. The Balaban J connectivity index is 1.19. The van der Waals surface area contributed by atoms with Crippen LogP contribution in [0.5, 0.6) is 11.5 Å². The molecule has 0 aliphatic carbocycles. The number of nitrogens with zero attached hydrogens (tertiary/aromatic N) is 3. The van der Waals surface area contributed by atoms with Crippen molar-refractivity contribution in [3.05, 3.63) is 125 Å². The third-order valence-corrected chi connectivity index (χ3v) is 9.81. The Morgan fingerprint density at radius 3 is 2.35 bits per heavy atom. The second kappa shape index (κ2) is 16.7. The molecule has 0 aliphatic heterocycles. The number of pyridine rings is 1. The van der Waals surface area contributed by atoms with Crippen LogP contribution in [-0.2, 0) is 21.9 Å². The maximum atomic E-state index is 13.8. The highest BCUT2D eigenvalue weighted by Gasteiger charge is 2.23. The highest BCUT2D eigenvalue weighted by Crippen LogP contribution is 2.39. The van der Waals surface area contributed by atoms with Crippen LogP contribution in [0.3, 0.4) is 0 Å². The lowest BCUT2D eigenvalue weighted by molar-refractivity contribution is 0.0950. The Hall–Kier alpha value is -6.54. The molecule has 2 aromatic heterocycles. The number of rotatable bonds is 13. The van der Waals surface area contributed by atoms with Gasteiger partial charge in [0.05, 0.1) is 42.9 Å². The minimum absolute atomic E-state index is 0.199. The predicted octanol–water partition coefficient (Wildman–Crippen LogP) is 7.65. The molecule has 6 rings (SSSR count). The Morgan fingerprint density at radius 1 is 0.860 bits per heavy atom. The number of methoxy groups -OCH3 is 2. The summed E-state index contributed by atoms with van der Waals surface area (Å²) < 4.78 is 38.0. The zero-order chi connectivity index (χ0) is 40.9. The molecule has 57 heavy (non-hydrogen) atoms. The largest absolute Gasteiger partial charge is 0.496 e. The van der Waals surface area contributed by atoms with Crippen molar-refractivity contribution in [1.29, 1.82) is 0 Å². The van der Waals surface area contributed by atoms with Crippen molar-refractivity contribution in [2.45, 2.75) is 39.5 Å². The number of sulfonamides is 1. The van der Waals surface area contributed by atoms with E-state index >= 15 is 0 Å². The lowest BCUT2D eigenvalue weighted by Gasteiger charge is -2.24. The van der Waals surface area contributed by atoms with Crippen molar-refractivity contribution >= 4 is 55.8 Å². The summed E-state index contributed by atoms with van der Waals surface area (Å²) in [4.78, 5) is 40.0. The number of amides is 2. The van der Waals surface area contributed by atoms with E-state index in [9.17, 15) is 18.0 Å². The van der Waals surface area contributed by atoms with Gasteiger partial charge in [0.15, 0.2) is 5.75 Å². The first-order valence-electron chi connectivity index (χ1n) is 18.1. The van der Waals surface area contributed by atoms with Crippen molar-refractivity contribution in [3.63, 3.8) is 0 Å². The van der Waals surface area contributed by atoms with Crippen molar-refractivity contribution in [3.8, 4) is 22.6 Å². The average Bonchev–Trinajstić information content (AvgIpc) is 3.17. The SMILES string of the molecule is COc1cc(Nc2ncc3cc(-c4cc(C(=O)Nc5cc(C(C)(C)C)cc(NS(C)(=O)=O)c5OC)ccc4C)ccc3n2)ccc1C(=O)NCCc1cccnc1. The van der Waals surface area contributed by atoms with Gasteiger partial charge in [-0.25, -0.2) is 18.4 Å². The van der Waals surface area contributed by atoms with Crippen LogP contribution < -0.4 is 30.1 Å². The third-order valence-electron chi connectivity index (χ3n) is 9.22. The number of benzene rings is 4. The molecule has 294 valence electrons. The lowest BCUT2D eigenvalue weighted by atomic mass is 9.86. The summed E-state index contributed by atoms with van der Waals surface area (Å²) in [6.07, 6.45) is 6.93. The molecule has 0 spiro atoms. The van der Waals surface area contributed by atoms with Gasteiger partial charge in [-0.3, -0.25) is 19.3 Å². The fraction of sp³-hybridized carbons (Fsp3) is 0.233. The van der Waals surface area contributed by atoms with Gasteiger partial charge >= 0.3 is 0 Å². The Morgan fingerprint density at radius 2 is 1.65 bits per heavy atom. The Bertz CT molecular complexity index is 2570. The van der Waals surface area contributed by atoms with Gasteiger partial charge in [0.1, 0.15) is 5.75 Å². The molecule has 0 bridgehead atoms. The maximum Gasteiger partial charge on any atom is 0.255 e. The van der Waals surface area contributed by atoms with Gasteiger partial charge in [0.25, 0.3) is 11.8 Å². The molecular formula is C43H45N7O6S. The lowest BCUT2D eigenvalue weighted by Crippen LogP contribution is -2.26. The molecule has 0 radical (unpaired) electrons. The standard InChI is InChI=1S/C43H45N7O6S/c1-26-10-11-29(40(51)48-36-21-31(43(2,3)4)22-37(39(36)56-6)50-57(7,53)54)20-34(26)28-12-15-35-30(19-28)25-46-42(49-35)47-32-13-14-33(38(23-32)55-5)41(52)45-18-16-27-9-8-17-44-24-27/h8-15,17,19-25,50H,16,18H2,1-7H3,(H,45,52)(H,48,51)(H,46,47,49). The van der Waals surface area contributed by atoms with Crippen LogP contribution in [-0.4, -0.2) is 62.2 Å². The molecule has 0 aliphatic rings. The molecule has 0 atom stereocenters. The van der Waals surface area contributed by atoms with Crippen LogP contribution in [0, 0.1) is 6.92 Å². The monoisotopic (exact) mass is 787 g/mol. The molecule has 4 N–H and O–H groups in total. The zero-order valence-corrected chi connectivity index (χ0v) is 33.7. The molecule has 0 fully saturated rings. The number of carbonyl (C=O) groups is 2. The highest BCUT2D eigenvalue weighted by molar-refractivity contribution is 7.92. The summed E-state index contributed by atoms with van der Waals surface area (Å²) in [6.45, 7) is 8.41. The van der Waals surface area contributed by atoms with E-state index in [2.05, 4.69) is 30.6 Å². The van der Waals surface area contributed by atoms with Crippen molar-refractivity contribution in [2.75, 3.05) is 42.4 Å². The first kappa shape index (κ1) is 40.1. The zero-order valence-electron chi connectivity index (χ0n) is 32.9. The number of carbonyl (C=O) groups excluding carboxylic acids is 2. The third kappa shape index (κ3) is 9.83. The smallest absolute Gasteiger partial charge is 0.255 e. The van der Waals surface area contributed by atoms with Crippen molar-refractivity contribution in [1.82, 2.24) is 20.3 Å². The van der Waals surface area contributed by atoms with E-state index in [1.807, 2.05) is 70.2 Å². The van der Waals surface area contributed by atoms with E-state index in [1.54, 1.807) is 55.0 Å². The van der Waals surface area contributed by atoms with Gasteiger partial charge in [0, 0.05) is 47.8 Å². The number of ether oxygens (including phenoxy) is 2. The Kier molecular flexibility index (Phi) is 11.7. The fourth-order valence-electron chi connectivity index (χ4n) is 6.23. The fourth-order valence-corrected chi connectivity index (χ4v) is 6.78. The van der Waals surface area contributed by atoms with Gasteiger partial charge in [-0.15, -0.1) is 0 Å². The molecule has 0 saturated carbocycles. The summed E-state index contributed by atoms with van der Waals surface area (Å²) in [7, 11) is -0.697. The minimum atomic E-state index is -3.63. The molecule has 13 nitrogen and oxygen atoms in total. The van der Waals surface area contributed by atoms with E-state index in [1.165, 1.54) is 14.2 Å². The molecule has 2 heterocycles. The molecular weight excluding hydrogens is 743 g/mol. The second-order valence-electron chi connectivity index (χ2n) is 14.6. The predicted molar refractivity (Wildman–Crippen MR) is 224 cm³/mol. The number of fused-ring (bicyclic) bond motifs is 1. The average molecular weight is 788 g/mol. The molecule has 0 saturated heterocycles. The highest BCUT2D eigenvalue weighted by atomic mass is 32.2. The van der Waals surface area contributed by atoms with Crippen LogP contribution in [0.4, 0.5) is 23.0 Å². The number of hydrogen-bond acceptors (Lipinski definition) is 10. The number of anilines is 4. The van der Waals surface area contributed by atoms with Gasteiger partial charge < -0.3 is 25.4 Å². The van der Waals surface area contributed by atoms with Crippen LogP contribution in [0.2, 0.25) is 0 Å². The van der Waals surface area contributed by atoms with E-state index in [-0.39, 0.29) is 22.8 Å². The van der Waals surface area contributed by atoms with Gasteiger partial charge in [-0.2, -0.15) is 0 Å². The molecule has 0 unspecified atom stereocenters. The second-order valence-corrected chi connectivity index (χ2v) is 16.3. The minimum Gasteiger partial charge on any atom is -0.496 e. The first-order chi connectivity index (χ1) is 27.1. The van der Waals surface area contributed by atoms with Gasteiger partial charge in [-0.1, -0.05) is 39.0 Å². The normalized spacial score (nSPS) is 11.5. The molecule has 2 amide bonds. The van der Waals surface area contributed by atoms with Crippen LogP contribution in [0.25, 0.3) is 22.0 Å².